The van der Waals surface area contributed by atoms with Crippen LogP contribution in [0, 0.1) is 10.1 Å². The maximum Gasteiger partial charge on any atom is 0.272 e. The zero-order chi connectivity index (χ0) is 14.0. The van der Waals surface area contributed by atoms with E-state index in [0.717, 1.165) is 25.7 Å². The minimum absolute atomic E-state index is 0.0592. The van der Waals surface area contributed by atoms with Gasteiger partial charge in [0.2, 0.25) is 0 Å². The average molecular weight is 305 g/mol. The number of nitrogens with zero attached hydrogens (tertiary/aromatic N) is 1. The molecule has 0 heterocycles. The molecule has 5 nitrogen and oxygen atoms in total. The highest BCUT2D eigenvalue weighted by atomic mass is 35.5. The molecule has 2 N–H and O–H groups in total. The van der Waals surface area contributed by atoms with Gasteiger partial charge in [-0.15, -0.1) is 0 Å². The second-order valence-electron chi connectivity index (χ2n) is 4.60. The van der Waals surface area contributed by atoms with E-state index in [0.29, 0.717) is 0 Å². The summed E-state index contributed by atoms with van der Waals surface area (Å²) in [7, 11) is 0. The topological polar surface area (TPSA) is 78.4 Å². The van der Waals surface area contributed by atoms with Gasteiger partial charge in [-0.3, -0.25) is 10.1 Å². The van der Waals surface area contributed by atoms with Crippen LogP contribution in [-0.2, 0) is 0 Å². The van der Waals surface area contributed by atoms with Gasteiger partial charge < -0.3 is 10.5 Å². The molecule has 0 radical (unpaired) electrons. The number of nitro benzene ring substituents is 1. The lowest BCUT2D eigenvalue weighted by Crippen LogP contribution is -2.41. The van der Waals surface area contributed by atoms with E-state index in [4.69, 9.17) is 33.7 Å². The summed E-state index contributed by atoms with van der Waals surface area (Å²) in [5.41, 5.74) is 5.83. The fourth-order valence-corrected chi connectivity index (χ4v) is 2.75. The number of nitro groups is 1. The van der Waals surface area contributed by atoms with Crippen LogP contribution in [0.3, 0.4) is 0 Å². The predicted molar refractivity (Wildman–Crippen MR) is 74.0 cm³/mol. The lowest BCUT2D eigenvalue weighted by Gasteiger charge is -2.29. The Kier molecular flexibility index (Phi) is 4.50. The fourth-order valence-electron chi connectivity index (χ4n) is 2.19. The molecule has 0 saturated heterocycles. The van der Waals surface area contributed by atoms with Crippen LogP contribution >= 0.6 is 23.2 Å². The molecule has 0 amide bonds. The van der Waals surface area contributed by atoms with E-state index >= 15 is 0 Å². The fraction of sp³-hybridized carbons (Fsp3) is 0.500. The van der Waals surface area contributed by atoms with E-state index in [1.54, 1.807) is 0 Å². The van der Waals surface area contributed by atoms with Gasteiger partial charge in [-0.2, -0.15) is 0 Å². The van der Waals surface area contributed by atoms with E-state index in [9.17, 15) is 10.1 Å². The van der Waals surface area contributed by atoms with Crippen LogP contribution in [0.1, 0.15) is 25.7 Å². The molecule has 1 aliphatic rings. The molecule has 1 fully saturated rings. The van der Waals surface area contributed by atoms with Crippen LogP contribution < -0.4 is 10.5 Å². The van der Waals surface area contributed by atoms with Crippen molar-refractivity contribution in [3.8, 4) is 5.75 Å². The van der Waals surface area contributed by atoms with Crippen molar-refractivity contribution in [2.75, 3.05) is 0 Å². The lowest BCUT2D eigenvalue weighted by molar-refractivity contribution is -0.384. The van der Waals surface area contributed by atoms with Crippen molar-refractivity contribution in [1.29, 1.82) is 0 Å². The minimum Gasteiger partial charge on any atom is -0.486 e. The molecule has 104 valence electrons. The highest BCUT2D eigenvalue weighted by Crippen LogP contribution is 2.38. The van der Waals surface area contributed by atoms with E-state index in [1.165, 1.54) is 12.1 Å². The van der Waals surface area contributed by atoms with Gasteiger partial charge in [-0.25, -0.2) is 0 Å². The molecule has 1 aliphatic carbocycles. The third-order valence-corrected chi connectivity index (χ3v) is 3.78. The number of hydrogen-bond donors (Lipinski definition) is 1. The summed E-state index contributed by atoms with van der Waals surface area (Å²) >= 11 is 12.0. The molecule has 1 aromatic carbocycles. The number of nitrogens with two attached hydrogens (primary N) is 1. The van der Waals surface area contributed by atoms with Gasteiger partial charge in [0.15, 0.2) is 5.75 Å². The smallest absolute Gasteiger partial charge is 0.272 e. The molecule has 1 aromatic rings. The second-order valence-corrected chi connectivity index (χ2v) is 5.41. The molecule has 7 heteroatoms. The number of non-ortho nitro benzene ring substituents is 1. The molecule has 2 rings (SSSR count). The van der Waals surface area contributed by atoms with Gasteiger partial charge in [0.1, 0.15) is 6.10 Å². The Morgan fingerprint density at radius 1 is 1.26 bits per heavy atom. The molecule has 0 aromatic heterocycles. The summed E-state index contributed by atoms with van der Waals surface area (Å²) < 4.78 is 5.75. The largest absolute Gasteiger partial charge is 0.486 e. The molecule has 1 saturated carbocycles. The normalized spacial score (nSPS) is 23.1. The van der Waals surface area contributed by atoms with Crippen LogP contribution in [-0.4, -0.2) is 17.1 Å². The predicted octanol–water partition coefficient (Wildman–Crippen LogP) is 3.55. The summed E-state index contributed by atoms with van der Waals surface area (Å²) in [6, 6.07) is 2.41. The Labute approximate surface area is 120 Å². The Bertz CT molecular complexity index is 473. The molecular weight excluding hydrogens is 291 g/mol. The first-order valence-corrected chi connectivity index (χ1v) is 6.80. The number of benzene rings is 1. The number of ether oxygens (including phenoxy) is 1. The zero-order valence-electron chi connectivity index (χ0n) is 10.1. The van der Waals surface area contributed by atoms with E-state index in [1.807, 2.05) is 0 Å². The van der Waals surface area contributed by atoms with Crippen molar-refractivity contribution >= 4 is 28.9 Å². The van der Waals surface area contributed by atoms with Crippen molar-refractivity contribution in [2.24, 2.45) is 5.73 Å². The SMILES string of the molecule is NC1CCCCC1Oc1c(Cl)cc([N+](=O)[O-])cc1Cl. The maximum atomic E-state index is 10.7. The minimum atomic E-state index is -0.548. The Hall–Kier alpha value is -1.04. The van der Waals surface area contributed by atoms with Crippen LogP contribution in [0.15, 0.2) is 12.1 Å². The zero-order valence-corrected chi connectivity index (χ0v) is 11.7. The molecule has 0 bridgehead atoms. The molecule has 2 unspecified atom stereocenters. The van der Waals surface area contributed by atoms with Crippen LogP contribution in [0.25, 0.3) is 0 Å². The summed E-state index contributed by atoms with van der Waals surface area (Å²) in [5, 5.41) is 11.0. The monoisotopic (exact) mass is 304 g/mol. The van der Waals surface area contributed by atoms with Crippen molar-refractivity contribution in [1.82, 2.24) is 0 Å². The highest BCUT2D eigenvalue weighted by molar-refractivity contribution is 6.37. The first-order valence-electron chi connectivity index (χ1n) is 6.04. The maximum absolute atomic E-state index is 10.7. The summed E-state index contributed by atoms with van der Waals surface area (Å²) in [4.78, 5) is 10.1. The quantitative estimate of drug-likeness (QED) is 0.684. The summed E-state index contributed by atoms with van der Waals surface area (Å²) in [5.74, 6) is 0.274. The van der Waals surface area contributed by atoms with E-state index < -0.39 is 4.92 Å². The first-order chi connectivity index (χ1) is 8.99. The Morgan fingerprint density at radius 3 is 2.37 bits per heavy atom. The number of rotatable bonds is 3. The molecule has 19 heavy (non-hydrogen) atoms. The standard InChI is InChI=1S/C12H14Cl2N2O3/c13-8-5-7(16(17)18)6-9(14)12(8)19-11-4-2-1-3-10(11)15/h5-6,10-11H,1-4,15H2. The van der Waals surface area contributed by atoms with Crippen LogP contribution in [0.5, 0.6) is 5.75 Å². The molecular formula is C12H14Cl2N2O3. The number of hydrogen-bond acceptors (Lipinski definition) is 4. The van der Waals surface area contributed by atoms with Crippen LogP contribution in [0.4, 0.5) is 5.69 Å². The molecule has 0 aliphatic heterocycles. The van der Waals surface area contributed by atoms with Crippen molar-refractivity contribution in [3.63, 3.8) is 0 Å². The third-order valence-electron chi connectivity index (χ3n) is 3.22. The average Bonchev–Trinajstić information content (AvgIpc) is 2.35. The van der Waals surface area contributed by atoms with Gasteiger partial charge >= 0.3 is 0 Å². The van der Waals surface area contributed by atoms with E-state index in [-0.39, 0.29) is 33.6 Å². The van der Waals surface area contributed by atoms with Gasteiger partial charge in [-0.1, -0.05) is 29.6 Å². The molecule has 2 atom stereocenters. The van der Waals surface area contributed by atoms with Gasteiger partial charge in [0.25, 0.3) is 5.69 Å². The summed E-state index contributed by atoms with van der Waals surface area (Å²) in [6.07, 6.45) is 3.71. The highest BCUT2D eigenvalue weighted by Gasteiger charge is 2.26. The van der Waals surface area contributed by atoms with Gasteiger partial charge in [0, 0.05) is 18.2 Å². The number of halogens is 2. The third kappa shape index (κ3) is 3.29. The summed E-state index contributed by atoms with van der Waals surface area (Å²) in [6.45, 7) is 0. The first kappa shape index (κ1) is 14.4. The van der Waals surface area contributed by atoms with Crippen molar-refractivity contribution in [2.45, 2.75) is 37.8 Å². The van der Waals surface area contributed by atoms with Crippen molar-refractivity contribution < 1.29 is 9.66 Å². The van der Waals surface area contributed by atoms with Gasteiger partial charge in [0.05, 0.1) is 15.0 Å². The Balaban J connectivity index is 2.22. The van der Waals surface area contributed by atoms with E-state index in [2.05, 4.69) is 0 Å². The molecule has 0 spiro atoms. The Morgan fingerprint density at radius 2 is 1.84 bits per heavy atom. The van der Waals surface area contributed by atoms with Crippen LogP contribution in [0.2, 0.25) is 10.0 Å². The van der Waals surface area contributed by atoms with Gasteiger partial charge in [-0.05, 0) is 19.3 Å². The second kappa shape index (κ2) is 5.94. The lowest BCUT2D eigenvalue weighted by atomic mass is 9.93. The van der Waals surface area contributed by atoms with Crippen molar-refractivity contribution in [3.05, 3.63) is 32.3 Å².